The number of aromatic nitrogens is 2. The first-order chi connectivity index (χ1) is 9.63. The predicted octanol–water partition coefficient (Wildman–Crippen LogP) is 3.67. The fourth-order valence-electron chi connectivity index (χ4n) is 2.14. The minimum absolute atomic E-state index is 0.555. The number of rotatable bonds is 2. The Bertz CT molecular complexity index is 756. The first-order valence-corrected chi connectivity index (χ1v) is 6.68. The van der Waals surface area contributed by atoms with Crippen LogP contribution in [0.2, 0.25) is 5.02 Å². The molecule has 3 aromatic rings. The van der Waals surface area contributed by atoms with E-state index in [2.05, 4.69) is 9.97 Å². The van der Waals surface area contributed by atoms with Crippen LogP contribution in [0.3, 0.4) is 0 Å². The van der Waals surface area contributed by atoms with Crippen molar-refractivity contribution in [2.75, 3.05) is 0 Å². The minimum atomic E-state index is -0.766. The summed E-state index contributed by atoms with van der Waals surface area (Å²) in [7, 11) is 0. The van der Waals surface area contributed by atoms with E-state index >= 15 is 0 Å². The van der Waals surface area contributed by atoms with Crippen LogP contribution in [0.15, 0.2) is 48.7 Å². The molecule has 0 saturated carbocycles. The van der Waals surface area contributed by atoms with Gasteiger partial charge in [-0.05, 0) is 42.8 Å². The van der Waals surface area contributed by atoms with E-state index in [1.807, 2.05) is 37.3 Å². The van der Waals surface area contributed by atoms with Crippen LogP contribution in [-0.2, 0) is 0 Å². The Kier molecular flexibility index (Phi) is 3.38. The van der Waals surface area contributed by atoms with Gasteiger partial charge in [-0.1, -0.05) is 23.7 Å². The molecular weight excluding hydrogens is 272 g/mol. The molecule has 4 heteroatoms. The van der Waals surface area contributed by atoms with Crippen molar-refractivity contribution in [2.24, 2.45) is 0 Å². The molecule has 2 heterocycles. The third kappa shape index (κ3) is 2.50. The zero-order valence-electron chi connectivity index (χ0n) is 10.9. The quantitative estimate of drug-likeness (QED) is 0.781. The van der Waals surface area contributed by atoms with Crippen LogP contribution in [0.25, 0.3) is 10.9 Å². The largest absolute Gasteiger partial charge is 0.382 e. The van der Waals surface area contributed by atoms with Gasteiger partial charge in [0.15, 0.2) is 0 Å². The molecule has 3 rings (SSSR count). The number of nitrogens with zero attached hydrogens (tertiary/aromatic N) is 2. The Morgan fingerprint density at radius 2 is 1.95 bits per heavy atom. The van der Waals surface area contributed by atoms with Crippen molar-refractivity contribution >= 4 is 22.5 Å². The molecule has 0 fully saturated rings. The summed E-state index contributed by atoms with van der Waals surface area (Å²) in [6.07, 6.45) is 0.768. The van der Waals surface area contributed by atoms with Gasteiger partial charge in [-0.15, -0.1) is 0 Å². The molecule has 1 unspecified atom stereocenters. The van der Waals surface area contributed by atoms with E-state index in [9.17, 15) is 5.11 Å². The van der Waals surface area contributed by atoms with Crippen molar-refractivity contribution in [2.45, 2.75) is 13.0 Å². The van der Waals surface area contributed by atoms with Crippen molar-refractivity contribution in [3.63, 3.8) is 0 Å². The monoisotopic (exact) mass is 284 g/mol. The first-order valence-electron chi connectivity index (χ1n) is 6.30. The first kappa shape index (κ1) is 13.0. The van der Waals surface area contributed by atoms with Gasteiger partial charge in [-0.25, -0.2) is 0 Å². The number of aliphatic hydroxyl groups excluding tert-OH is 1. The fourth-order valence-corrected chi connectivity index (χ4v) is 2.25. The van der Waals surface area contributed by atoms with Crippen LogP contribution >= 0.6 is 11.6 Å². The Morgan fingerprint density at radius 1 is 1.10 bits per heavy atom. The van der Waals surface area contributed by atoms with Crippen molar-refractivity contribution in [1.82, 2.24) is 9.97 Å². The number of aliphatic hydroxyl groups is 1. The molecule has 1 atom stereocenters. The third-order valence-corrected chi connectivity index (χ3v) is 3.42. The van der Waals surface area contributed by atoms with E-state index < -0.39 is 6.10 Å². The van der Waals surface area contributed by atoms with Gasteiger partial charge in [0.05, 0.1) is 16.2 Å². The molecule has 0 aliphatic rings. The molecule has 100 valence electrons. The molecule has 0 bridgehead atoms. The van der Waals surface area contributed by atoms with E-state index in [1.165, 1.54) is 6.20 Å². The van der Waals surface area contributed by atoms with Gasteiger partial charge in [-0.3, -0.25) is 9.97 Å². The molecule has 0 saturated heterocycles. The lowest BCUT2D eigenvalue weighted by Crippen LogP contribution is -2.02. The highest BCUT2D eigenvalue weighted by molar-refractivity contribution is 6.30. The Hall–Kier alpha value is -1.97. The summed E-state index contributed by atoms with van der Waals surface area (Å²) in [6, 6.07) is 13.1. The summed E-state index contributed by atoms with van der Waals surface area (Å²) < 4.78 is 0. The number of hydrogen-bond acceptors (Lipinski definition) is 3. The van der Waals surface area contributed by atoms with Gasteiger partial charge in [0, 0.05) is 17.3 Å². The third-order valence-electron chi connectivity index (χ3n) is 3.20. The van der Waals surface area contributed by atoms with Crippen LogP contribution in [-0.4, -0.2) is 15.1 Å². The SMILES string of the molecule is Cc1ccc2cc(C(O)c3ccc(Cl)cn3)ccc2n1. The second-order valence-electron chi connectivity index (χ2n) is 4.71. The zero-order valence-corrected chi connectivity index (χ0v) is 11.7. The zero-order chi connectivity index (χ0) is 14.1. The van der Waals surface area contributed by atoms with Crippen molar-refractivity contribution in [3.8, 4) is 0 Å². The highest BCUT2D eigenvalue weighted by atomic mass is 35.5. The lowest BCUT2D eigenvalue weighted by Gasteiger charge is -2.11. The van der Waals surface area contributed by atoms with E-state index in [1.54, 1.807) is 12.1 Å². The van der Waals surface area contributed by atoms with Crippen molar-refractivity contribution in [3.05, 3.63) is 70.6 Å². The molecule has 2 aromatic heterocycles. The Labute approximate surface area is 121 Å². The molecule has 0 aliphatic heterocycles. The van der Waals surface area contributed by atoms with Crippen molar-refractivity contribution < 1.29 is 5.11 Å². The van der Waals surface area contributed by atoms with Crippen LogP contribution in [0.5, 0.6) is 0 Å². The minimum Gasteiger partial charge on any atom is -0.382 e. The highest BCUT2D eigenvalue weighted by Crippen LogP contribution is 2.24. The van der Waals surface area contributed by atoms with Crippen LogP contribution in [0.4, 0.5) is 0 Å². The normalized spacial score (nSPS) is 12.6. The molecule has 0 aliphatic carbocycles. The van der Waals surface area contributed by atoms with Crippen LogP contribution in [0.1, 0.15) is 23.1 Å². The smallest absolute Gasteiger partial charge is 0.121 e. The lowest BCUT2D eigenvalue weighted by atomic mass is 10.0. The number of benzene rings is 1. The lowest BCUT2D eigenvalue weighted by molar-refractivity contribution is 0.215. The average Bonchev–Trinajstić information content (AvgIpc) is 2.47. The molecule has 3 nitrogen and oxygen atoms in total. The van der Waals surface area contributed by atoms with Gasteiger partial charge in [-0.2, -0.15) is 0 Å². The number of hydrogen-bond donors (Lipinski definition) is 1. The predicted molar refractivity (Wildman–Crippen MR) is 79.8 cm³/mol. The average molecular weight is 285 g/mol. The van der Waals surface area contributed by atoms with Gasteiger partial charge in [0.1, 0.15) is 6.10 Å². The van der Waals surface area contributed by atoms with E-state index in [0.717, 1.165) is 22.2 Å². The highest BCUT2D eigenvalue weighted by Gasteiger charge is 2.12. The van der Waals surface area contributed by atoms with E-state index in [-0.39, 0.29) is 0 Å². The molecular formula is C16H13ClN2O. The summed E-state index contributed by atoms with van der Waals surface area (Å²) in [5.41, 5.74) is 3.27. The Morgan fingerprint density at radius 3 is 2.70 bits per heavy atom. The Balaban J connectivity index is 2.01. The summed E-state index contributed by atoms with van der Waals surface area (Å²) in [5, 5.41) is 11.9. The van der Waals surface area contributed by atoms with E-state index in [0.29, 0.717) is 10.7 Å². The summed E-state index contributed by atoms with van der Waals surface area (Å²) >= 11 is 5.80. The fraction of sp³-hybridized carbons (Fsp3) is 0.125. The number of fused-ring (bicyclic) bond motifs is 1. The topological polar surface area (TPSA) is 46.0 Å². The number of halogens is 1. The van der Waals surface area contributed by atoms with Gasteiger partial charge in [0.2, 0.25) is 0 Å². The summed E-state index contributed by atoms with van der Waals surface area (Å²) in [4.78, 5) is 8.60. The van der Waals surface area contributed by atoms with Crippen LogP contribution < -0.4 is 0 Å². The maximum Gasteiger partial charge on any atom is 0.121 e. The van der Waals surface area contributed by atoms with Crippen molar-refractivity contribution in [1.29, 1.82) is 0 Å². The van der Waals surface area contributed by atoms with Gasteiger partial charge >= 0.3 is 0 Å². The maximum atomic E-state index is 10.4. The van der Waals surface area contributed by atoms with Gasteiger partial charge < -0.3 is 5.11 Å². The van der Waals surface area contributed by atoms with E-state index in [4.69, 9.17) is 11.6 Å². The molecule has 1 N–H and O–H groups in total. The maximum absolute atomic E-state index is 10.4. The molecule has 1 aromatic carbocycles. The summed E-state index contributed by atoms with van der Waals surface area (Å²) in [5.74, 6) is 0. The number of aryl methyl sites for hydroxylation is 1. The van der Waals surface area contributed by atoms with Crippen LogP contribution in [0, 0.1) is 6.92 Å². The molecule has 0 amide bonds. The summed E-state index contributed by atoms with van der Waals surface area (Å²) in [6.45, 7) is 1.96. The molecule has 20 heavy (non-hydrogen) atoms. The second kappa shape index (κ2) is 5.19. The molecule has 0 radical (unpaired) electrons. The molecule has 0 spiro atoms. The standard InChI is InChI=1S/C16H13ClN2O/c1-10-2-3-11-8-12(4-6-14(11)19-10)16(20)15-7-5-13(17)9-18-15/h2-9,16,20H,1H3. The second-order valence-corrected chi connectivity index (χ2v) is 5.15. The van der Waals surface area contributed by atoms with Gasteiger partial charge in [0.25, 0.3) is 0 Å². The number of pyridine rings is 2.